The summed E-state index contributed by atoms with van der Waals surface area (Å²) in [5.74, 6) is 2.46. The molecular weight excluding hydrogens is 292 g/mol. The third kappa shape index (κ3) is 2.67. The molecule has 1 aliphatic heterocycles. The molecule has 1 saturated heterocycles. The van der Waals surface area contributed by atoms with Crippen LogP contribution in [-0.2, 0) is 12.8 Å². The van der Waals surface area contributed by atoms with Crippen molar-refractivity contribution >= 4 is 11.8 Å². The molecule has 1 fully saturated rings. The van der Waals surface area contributed by atoms with Gasteiger partial charge in [-0.05, 0) is 19.3 Å². The molecule has 0 bridgehead atoms. The van der Waals surface area contributed by atoms with Crippen LogP contribution in [0.4, 0.5) is 11.8 Å². The quantitative estimate of drug-likeness (QED) is 0.840. The summed E-state index contributed by atoms with van der Waals surface area (Å²) in [6.45, 7) is 3.60. The first kappa shape index (κ1) is 14.2. The first-order chi connectivity index (χ1) is 11.3. The fourth-order valence-electron chi connectivity index (χ4n) is 3.33. The lowest BCUT2D eigenvalue weighted by Crippen LogP contribution is -2.47. The van der Waals surface area contributed by atoms with Gasteiger partial charge in [0.1, 0.15) is 12.1 Å². The summed E-state index contributed by atoms with van der Waals surface area (Å²) in [4.78, 5) is 22.3. The van der Waals surface area contributed by atoms with E-state index in [1.54, 1.807) is 25.7 Å². The molecule has 2 aromatic heterocycles. The van der Waals surface area contributed by atoms with Gasteiger partial charge in [0.15, 0.2) is 0 Å². The Kier molecular flexibility index (Phi) is 3.69. The predicted octanol–water partition coefficient (Wildman–Crippen LogP) is 1.09. The topological polar surface area (TPSA) is 67.3 Å². The van der Waals surface area contributed by atoms with Crippen molar-refractivity contribution in [2.75, 3.05) is 43.1 Å². The average Bonchev–Trinajstić information content (AvgIpc) is 3.11. The van der Waals surface area contributed by atoms with E-state index in [9.17, 15) is 0 Å². The van der Waals surface area contributed by atoms with Crippen LogP contribution in [0, 0.1) is 0 Å². The number of anilines is 2. The molecule has 3 heterocycles. The van der Waals surface area contributed by atoms with Crippen molar-refractivity contribution < 1.29 is 4.74 Å². The van der Waals surface area contributed by atoms with Crippen LogP contribution in [0.15, 0.2) is 18.6 Å². The molecule has 120 valence electrons. The minimum absolute atomic E-state index is 0.603. The molecule has 2 aromatic rings. The van der Waals surface area contributed by atoms with Crippen molar-refractivity contribution in [1.29, 1.82) is 0 Å². The van der Waals surface area contributed by atoms with E-state index in [4.69, 9.17) is 4.74 Å². The van der Waals surface area contributed by atoms with E-state index in [0.29, 0.717) is 5.88 Å². The Bertz CT molecular complexity index is 699. The van der Waals surface area contributed by atoms with E-state index < -0.39 is 0 Å². The number of rotatable bonds is 3. The second-order valence-electron chi connectivity index (χ2n) is 5.85. The molecule has 0 unspecified atom stereocenters. The first-order valence-electron chi connectivity index (χ1n) is 8.05. The highest BCUT2D eigenvalue weighted by molar-refractivity contribution is 5.52. The largest absolute Gasteiger partial charge is 0.481 e. The Labute approximate surface area is 135 Å². The second-order valence-corrected chi connectivity index (χ2v) is 5.85. The number of hydrogen-bond acceptors (Lipinski definition) is 7. The molecule has 0 aromatic carbocycles. The van der Waals surface area contributed by atoms with E-state index >= 15 is 0 Å². The van der Waals surface area contributed by atoms with Gasteiger partial charge in [0.2, 0.25) is 11.8 Å². The SMILES string of the molecule is COc1ccnc(N2CCN(c3ncnc4c3CCC4)CC2)n1. The zero-order chi connectivity index (χ0) is 15.6. The number of nitrogens with zero attached hydrogens (tertiary/aromatic N) is 6. The van der Waals surface area contributed by atoms with Gasteiger partial charge in [0.25, 0.3) is 0 Å². The number of hydrogen-bond donors (Lipinski definition) is 0. The summed E-state index contributed by atoms with van der Waals surface area (Å²) in [5.41, 5.74) is 2.58. The molecule has 4 rings (SSSR count). The highest BCUT2D eigenvalue weighted by Crippen LogP contribution is 2.28. The van der Waals surface area contributed by atoms with E-state index in [-0.39, 0.29) is 0 Å². The summed E-state index contributed by atoms with van der Waals surface area (Å²) >= 11 is 0. The van der Waals surface area contributed by atoms with Crippen molar-refractivity contribution in [2.45, 2.75) is 19.3 Å². The summed E-state index contributed by atoms with van der Waals surface area (Å²) in [6.07, 6.45) is 6.83. The Balaban J connectivity index is 1.48. The molecule has 7 nitrogen and oxygen atoms in total. The zero-order valence-electron chi connectivity index (χ0n) is 13.3. The molecule has 0 radical (unpaired) electrons. The van der Waals surface area contributed by atoms with Gasteiger partial charge in [-0.15, -0.1) is 0 Å². The van der Waals surface area contributed by atoms with Crippen molar-refractivity contribution in [3.8, 4) is 5.88 Å². The number of aryl methyl sites for hydroxylation is 1. The minimum Gasteiger partial charge on any atom is -0.481 e. The predicted molar refractivity (Wildman–Crippen MR) is 87.1 cm³/mol. The standard InChI is InChI=1S/C16H20N6O/c1-23-14-5-6-17-16(20-14)22-9-7-21(8-10-22)15-12-3-2-4-13(12)18-11-19-15/h5-6,11H,2-4,7-10H2,1H3. The van der Waals surface area contributed by atoms with Gasteiger partial charge in [0, 0.05) is 49.7 Å². The van der Waals surface area contributed by atoms with Crippen LogP contribution in [0.2, 0.25) is 0 Å². The number of fused-ring (bicyclic) bond motifs is 1. The number of methoxy groups -OCH3 is 1. The van der Waals surface area contributed by atoms with E-state index in [1.165, 1.54) is 17.7 Å². The van der Waals surface area contributed by atoms with Gasteiger partial charge < -0.3 is 14.5 Å². The van der Waals surface area contributed by atoms with Crippen molar-refractivity contribution in [3.63, 3.8) is 0 Å². The highest BCUT2D eigenvalue weighted by Gasteiger charge is 2.25. The zero-order valence-corrected chi connectivity index (χ0v) is 13.3. The van der Waals surface area contributed by atoms with Crippen molar-refractivity contribution in [2.24, 2.45) is 0 Å². The molecule has 0 saturated carbocycles. The van der Waals surface area contributed by atoms with E-state index in [2.05, 4.69) is 29.7 Å². The van der Waals surface area contributed by atoms with Gasteiger partial charge in [-0.1, -0.05) is 0 Å². The first-order valence-corrected chi connectivity index (χ1v) is 8.05. The van der Waals surface area contributed by atoms with Crippen LogP contribution in [0.5, 0.6) is 5.88 Å². The smallest absolute Gasteiger partial charge is 0.228 e. The fourth-order valence-corrected chi connectivity index (χ4v) is 3.33. The van der Waals surface area contributed by atoms with E-state index in [0.717, 1.165) is 50.8 Å². The van der Waals surface area contributed by atoms with Gasteiger partial charge in [-0.25, -0.2) is 15.0 Å². The summed E-state index contributed by atoms with van der Waals surface area (Å²) in [6, 6.07) is 1.77. The summed E-state index contributed by atoms with van der Waals surface area (Å²) < 4.78 is 5.18. The Morgan fingerprint density at radius 2 is 1.83 bits per heavy atom. The highest BCUT2D eigenvalue weighted by atomic mass is 16.5. The van der Waals surface area contributed by atoms with Crippen molar-refractivity contribution in [3.05, 3.63) is 29.8 Å². The number of ether oxygens (including phenoxy) is 1. The lowest BCUT2D eigenvalue weighted by Gasteiger charge is -2.36. The van der Waals surface area contributed by atoms with Crippen LogP contribution in [-0.4, -0.2) is 53.2 Å². The molecule has 1 aliphatic carbocycles. The monoisotopic (exact) mass is 312 g/mol. The number of aromatic nitrogens is 4. The summed E-state index contributed by atoms with van der Waals surface area (Å²) in [5, 5.41) is 0. The van der Waals surface area contributed by atoms with Crippen LogP contribution >= 0.6 is 0 Å². The van der Waals surface area contributed by atoms with Crippen LogP contribution < -0.4 is 14.5 Å². The molecule has 0 N–H and O–H groups in total. The molecular formula is C16H20N6O. The van der Waals surface area contributed by atoms with Gasteiger partial charge in [-0.2, -0.15) is 4.98 Å². The van der Waals surface area contributed by atoms with Crippen molar-refractivity contribution in [1.82, 2.24) is 19.9 Å². The normalized spacial score (nSPS) is 17.3. The Morgan fingerprint density at radius 3 is 2.65 bits per heavy atom. The summed E-state index contributed by atoms with van der Waals surface area (Å²) in [7, 11) is 1.62. The second kappa shape index (κ2) is 5.98. The number of piperazine rings is 1. The van der Waals surface area contributed by atoms with Gasteiger partial charge in [-0.3, -0.25) is 0 Å². The third-order valence-corrected chi connectivity index (χ3v) is 4.54. The molecule has 0 spiro atoms. The Hall–Kier alpha value is -2.44. The van der Waals surface area contributed by atoms with Crippen LogP contribution in [0.25, 0.3) is 0 Å². The van der Waals surface area contributed by atoms with Crippen LogP contribution in [0.1, 0.15) is 17.7 Å². The molecule has 23 heavy (non-hydrogen) atoms. The molecule has 7 heteroatoms. The lowest BCUT2D eigenvalue weighted by atomic mass is 10.2. The molecule has 2 aliphatic rings. The van der Waals surface area contributed by atoms with Gasteiger partial charge >= 0.3 is 0 Å². The average molecular weight is 312 g/mol. The Morgan fingerprint density at radius 1 is 1.00 bits per heavy atom. The molecule has 0 atom stereocenters. The maximum atomic E-state index is 5.18. The van der Waals surface area contributed by atoms with Gasteiger partial charge in [0.05, 0.1) is 7.11 Å². The minimum atomic E-state index is 0.603. The fraction of sp³-hybridized carbons (Fsp3) is 0.500. The lowest BCUT2D eigenvalue weighted by molar-refractivity contribution is 0.396. The van der Waals surface area contributed by atoms with E-state index in [1.807, 2.05) is 0 Å². The maximum absolute atomic E-state index is 5.18. The molecule has 0 amide bonds. The van der Waals surface area contributed by atoms with Crippen LogP contribution in [0.3, 0.4) is 0 Å². The maximum Gasteiger partial charge on any atom is 0.228 e. The third-order valence-electron chi connectivity index (χ3n) is 4.54.